The largest absolute Gasteiger partial charge is 0.454 e. The molecule has 3 heterocycles. The highest BCUT2D eigenvalue weighted by molar-refractivity contribution is 6.02. The molecule has 1 aromatic carbocycles. The van der Waals surface area contributed by atoms with Crippen LogP contribution in [-0.4, -0.2) is 71.1 Å². The summed E-state index contributed by atoms with van der Waals surface area (Å²) in [4.78, 5) is 42.4. The Labute approximate surface area is 163 Å². The number of piperidine rings is 1. The van der Waals surface area contributed by atoms with Crippen LogP contribution in [0.3, 0.4) is 0 Å². The number of carbonyl (C=O) groups is 3. The highest BCUT2D eigenvalue weighted by Crippen LogP contribution is 2.34. The van der Waals surface area contributed by atoms with Crippen LogP contribution in [0.1, 0.15) is 31.2 Å². The van der Waals surface area contributed by atoms with E-state index >= 15 is 0 Å². The molecular weight excluding hydrogens is 362 g/mol. The number of hydrogen-bond acceptors (Lipinski definition) is 5. The monoisotopic (exact) mass is 385 g/mol. The maximum Gasteiger partial charge on any atom is 0.327 e. The van der Waals surface area contributed by atoms with E-state index in [1.165, 1.54) is 4.90 Å². The summed E-state index contributed by atoms with van der Waals surface area (Å²) in [6.07, 6.45) is 3.60. The summed E-state index contributed by atoms with van der Waals surface area (Å²) in [5, 5.41) is 0. The Bertz CT molecular complexity index is 829. The van der Waals surface area contributed by atoms with E-state index in [0.29, 0.717) is 43.9 Å². The average Bonchev–Trinajstić information content (AvgIpc) is 3.33. The maximum atomic E-state index is 12.7. The zero-order valence-corrected chi connectivity index (χ0v) is 15.6. The first-order valence-electron chi connectivity index (χ1n) is 9.89. The summed E-state index contributed by atoms with van der Waals surface area (Å²) in [7, 11) is 0. The second kappa shape index (κ2) is 6.68. The van der Waals surface area contributed by atoms with E-state index < -0.39 is 0 Å². The van der Waals surface area contributed by atoms with Crippen molar-refractivity contribution < 1.29 is 23.9 Å². The molecule has 4 amide bonds. The summed E-state index contributed by atoms with van der Waals surface area (Å²) >= 11 is 0. The molecule has 1 saturated carbocycles. The molecule has 0 atom stereocenters. The Balaban J connectivity index is 1.16. The fraction of sp³-hybridized carbons (Fsp3) is 0.550. The normalized spacial score (nSPS) is 22.4. The second-order valence-electron chi connectivity index (χ2n) is 7.88. The van der Waals surface area contributed by atoms with Crippen molar-refractivity contribution in [3.63, 3.8) is 0 Å². The molecule has 2 saturated heterocycles. The van der Waals surface area contributed by atoms with E-state index in [-0.39, 0.29) is 43.3 Å². The van der Waals surface area contributed by atoms with Gasteiger partial charge in [-0.3, -0.25) is 14.5 Å². The maximum absolute atomic E-state index is 12.7. The van der Waals surface area contributed by atoms with Gasteiger partial charge in [0.1, 0.15) is 6.54 Å². The van der Waals surface area contributed by atoms with Crippen LogP contribution in [-0.2, 0) is 16.0 Å². The van der Waals surface area contributed by atoms with Crippen molar-refractivity contribution in [2.75, 3.05) is 26.4 Å². The number of benzene rings is 1. The zero-order chi connectivity index (χ0) is 19.3. The Morgan fingerprint density at radius 2 is 1.75 bits per heavy atom. The van der Waals surface area contributed by atoms with Crippen LogP contribution in [0.15, 0.2) is 18.2 Å². The van der Waals surface area contributed by atoms with Crippen LogP contribution in [0.25, 0.3) is 0 Å². The van der Waals surface area contributed by atoms with Crippen molar-refractivity contribution in [1.82, 2.24) is 14.7 Å². The number of likely N-dealkylation sites (tertiary alicyclic amines) is 1. The van der Waals surface area contributed by atoms with E-state index in [9.17, 15) is 14.4 Å². The van der Waals surface area contributed by atoms with Gasteiger partial charge in [-0.05, 0) is 43.4 Å². The Hall–Kier alpha value is -2.77. The molecule has 0 unspecified atom stereocenters. The minimum atomic E-state index is -0.141. The van der Waals surface area contributed by atoms with Gasteiger partial charge in [-0.25, -0.2) is 4.79 Å². The van der Waals surface area contributed by atoms with Gasteiger partial charge in [0, 0.05) is 25.2 Å². The molecular formula is C20H23N3O5. The van der Waals surface area contributed by atoms with E-state index in [0.717, 1.165) is 18.4 Å². The van der Waals surface area contributed by atoms with Gasteiger partial charge >= 0.3 is 6.03 Å². The van der Waals surface area contributed by atoms with Crippen LogP contribution in [0.5, 0.6) is 11.5 Å². The van der Waals surface area contributed by atoms with Gasteiger partial charge in [-0.1, -0.05) is 6.07 Å². The first-order chi connectivity index (χ1) is 13.6. The molecule has 0 spiro atoms. The van der Waals surface area contributed by atoms with Gasteiger partial charge in [0.2, 0.25) is 12.7 Å². The third-order valence-electron chi connectivity index (χ3n) is 5.99. The van der Waals surface area contributed by atoms with Crippen molar-refractivity contribution >= 4 is 17.8 Å². The molecule has 0 radical (unpaired) electrons. The summed E-state index contributed by atoms with van der Waals surface area (Å²) in [6.45, 7) is 1.62. The Morgan fingerprint density at radius 1 is 1.00 bits per heavy atom. The van der Waals surface area contributed by atoms with Gasteiger partial charge < -0.3 is 19.3 Å². The molecule has 3 fully saturated rings. The smallest absolute Gasteiger partial charge is 0.327 e. The van der Waals surface area contributed by atoms with E-state index in [1.807, 2.05) is 23.1 Å². The predicted octanol–water partition coefficient (Wildman–Crippen LogP) is 1.38. The van der Waals surface area contributed by atoms with Crippen molar-refractivity contribution in [1.29, 1.82) is 0 Å². The van der Waals surface area contributed by atoms with Gasteiger partial charge in [-0.15, -0.1) is 0 Å². The number of nitrogens with zero attached hydrogens (tertiary/aromatic N) is 3. The third kappa shape index (κ3) is 3.06. The molecule has 8 heteroatoms. The number of carbonyl (C=O) groups excluding carboxylic acids is 3. The molecule has 1 aliphatic carbocycles. The molecule has 0 N–H and O–H groups in total. The van der Waals surface area contributed by atoms with Gasteiger partial charge in [0.15, 0.2) is 11.5 Å². The first kappa shape index (κ1) is 17.3. The van der Waals surface area contributed by atoms with Crippen molar-refractivity contribution in [2.45, 2.75) is 44.2 Å². The van der Waals surface area contributed by atoms with Gasteiger partial charge in [-0.2, -0.15) is 0 Å². The Kier molecular flexibility index (Phi) is 4.14. The van der Waals surface area contributed by atoms with Gasteiger partial charge in [0.25, 0.3) is 5.91 Å². The van der Waals surface area contributed by atoms with E-state index in [2.05, 4.69) is 0 Å². The molecule has 0 aromatic heterocycles. The minimum absolute atomic E-state index is 0.0368. The molecule has 8 nitrogen and oxygen atoms in total. The molecule has 3 aliphatic heterocycles. The lowest BCUT2D eigenvalue weighted by molar-refractivity contribution is -0.132. The fourth-order valence-corrected chi connectivity index (χ4v) is 4.28. The lowest BCUT2D eigenvalue weighted by Crippen LogP contribution is -2.48. The summed E-state index contributed by atoms with van der Waals surface area (Å²) in [5.41, 5.74) is 0.900. The number of imide groups is 1. The highest BCUT2D eigenvalue weighted by Gasteiger charge is 2.47. The number of amides is 4. The fourth-order valence-electron chi connectivity index (χ4n) is 4.28. The summed E-state index contributed by atoms with van der Waals surface area (Å²) < 4.78 is 10.7. The number of ether oxygens (including phenoxy) is 2. The zero-order valence-electron chi connectivity index (χ0n) is 15.6. The minimum Gasteiger partial charge on any atom is -0.454 e. The molecule has 0 bridgehead atoms. The Morgan fingerprint density at radius 3 is 2.50 bits per heavy atom. The molecule has 28 heavy (non-hydrogen) atoms. The lowest BCUT2D eigenvalue weighted by Gasteiger charge is -2.36. The van der Waals surface area contributed by atoms with E-state index in [4.69, 9.17) is 9.47 Å². The van der Waals surface area contributed by atoms with E-state index in [1.54, 1.807) is 4.90 Å². The van der Waals surface area contributed by atoms with Crippen molar-refractivity contribution in [3.8, 4) is 11.5 Å². The molecule has 5 rings (SSSR count). The standard InChI is InChI=1S/C20H23N3O5/c24-18(10-13-1-4-16-17(9-13)28-12-27-16)21-7-5-14(6-8-21)22-11-19(25)23(20(22)26)15-2-3-15/h1,4,9,14-15H,2-3,5-8,10-12H2. The average molecular weight is 385 g/mol. The number of urea groups is 1. The molecule has 1 aromatic rings. The quantitative estimate of drug-likeness (QED) is 0.732. The van der Waals surface area contributed by atoms with Crippen molar-refractivity contribution in [2.24, 2.45) is 0 Å². The number of fused-ring (bicyclic) bond motifs is 1. The summed E-state index contributed by atoms with van der Waals surface area (Å²) in [5.74, 6) is 1.39. The van der Waals surface area contributed by atoms with Crippen LogP contribution < -0.4 is 9.47 Å². The summed E-state index contributed by atoms with van der Waals surface area (Å²) in [6, 6.07) is 5.59. The van der Waals surface area contributed by atoms with Crippen LogP contribution in [0.2, 0.25) is 0 Å². The lowest BCUT2D eigenvalue weighted by atomic mass is 10.0. The highest BCUT2D eigenvalue weighted by atomic mass is 16.7. The third-order valence-corrected chi connectivity index (χ3v) is 5.99. The first-order valence-corrected chi connectivity index (χ1v) is 9.89. The molecule has 4 aliphatic rings. The van der Waals surface area contributed by atoms with Crippen LogP contribution >= 0.6 is 0 Å². The van der Waals surface area contributed by atoms with Crippen LogP contribution in [0, 0.1) is 0 Å². The topological polar surface area (TPSA) is 79.4 Å². The number of rotatable bonds is 4. The SMILES string of the molecule is O=C(Cc1ccc2c(c1)OCO2)N1CCC(N2CC(=O)N(C3CC3)C2=O)CC1. The number of hydrogen-bond donors (Lipinski definition) is 0. The van der Waals surface area contributed by atoms with Crippen LogP contribution in [0.4, 0.5) is 4.79 Å². The van der Waals surface area contributed by atoms with Gasteiger partial charge in [0.05, 0.1) is 6.42 Å². The second-order valence-corrected chi connectivity index (χ2v) is 7.88. The van der Waals surface area contributed by atoms with Crippen molar-refractivity contribution in [3.05, 3.63) is 23.8 Å². The predicted molar refractivity (Wildman–Crippen MR) is 97.8 cm³/mol. The molecule has 148 valence electrons.